The molecule has 1 aliphatic rings. The number of aryl methyl sites for hydroxylation is 2. The summed E-state index contributed by atoms with van der Waals surface area (Å²) in [5, 5.41) is 14.7. The summed E-state index contributed by atoms with van der Waals surface area (Å²) >= 11 is 1.40. The number of morpholine rings is 1. The normalized spacial score (nSPS) is 17.5. The molecule has 1 fully saturated rings. The summed E-state index contributed by atoms with van der Waals surface area (Å²) in [6.45, 7) is 5.17. The average molecular weight is 430 g/mol. The fourth-order valence-corrected chi connectivity index (χ4v) is 5.11. The van der Waals surface area contributed by atoms with Crippen molar-refractivity contribution in [3.05, 3.63) is 46.2 Å². The minimum atomic E-state index is -0.213. The highest BCUT2D eigenvalue weighted by Gasteiger charge is 2.31. The van der Waals surface area contributed by atoms with Gasteiger partial charge in [-0.1, -0.05) is 6.07 Å². The number of thiophene rings is 1. The van der Waals surface area contributed by atoms with Gasteiger partial charge in [-0.15, -0.1) is 11.3 Å². The molecule has 30 heavy (non-hydrogen) atoms. The van der Waals surface area contributed by atoms with Gasteiger partial charge < -0.3 is 14.7 Å². The second-order valence-electron chi connectivity index (χ2n) is 7.66. The van der Waals surface area contributed by atoms with Crippen molar-refractivity contribution in [1.29, 1.82) is 0 Å². The van der Waals surface area contributed by atoms with Crippen molar-refractivity contribution in [2.24, 2.45) is 7.05 Å². The molecule has 4 heterocycles. The van der Waals surface area contributed by atoms with Crippen molar-refractivity contribution in [2.75, 3.05) is 39.9 Å². The van der Waals surface area contributed by atoms with E-state index in [0.29, 0.717) is 18.0 Å². The molecule has 3 aromatic heterocycles. The summed E-state index contributed by atoms with van der Waals surface area (Å²) in [6, 6.07) is 3.90. The third kappa shape index (κ3) is 4.11. The first-order valence-electron chi connectivity index (χ1n) is 10.0. The zero-order valence-corrected chi connectivity index (χ0v) is 18.4. The highest BCUT2D eigenvalue weighted by Crippen LogP contribution is 2.38. The van der Waals surface area contributed by atoms with E-state index in [2.05, 4.69) is 21.2 Å². The molecule has 1 amide bonds. The first-order chi connectivity index (χ1) is 14.5. The second-order valence-corrected chi connectivity index (χ2v) is 8.66. The molecule has 160 valence electrons. The molecule has 3 aromatic rings. The van der Waals surface area contributed by atoms with Gasteiger partial charge in [0.1, 0.15) is 9.71 Å². The Hall–Kier alpha value is -2.33. The number of carbonyl (C=O) groups is 1. The Morgan fingerprint density at radius 2 is 2.30 bits per heavy atom. The number of nitrogens with zero attached hydrogens (tertiary/aromatic N) is 5. The second kappa shape index (κ2) is 8.81. The van der Waals surface area contributed by atoms with Crippen LogP contribution in [0.5, 0.6) is 0 Å². The monoisotopic (exact) mass is 429 g/mol. The van der Waals surface area contributed by atoms with Gasteiger partial charge in [-0.05, 0) is 13.0 Å². The maximum atomic E-state index is 13.1. The van der Waals surface area contributed by atoms with Gasteiger partial charge in [0, 0.05) is 69.2 Å². The molecule has 9 heteroatoms. The molecule has 0 radical (unpaired) electrons. The van der Waals surface area contributed by atoms with E-state index >= 15 is 0 Å². The molecule has 0 bridgehead atoms. The third-order valence-corrected chi connectivity index (χ3v) is 6.58. The maximum absolute atomic E-state index is 13.1. The lowest BCUT2D eigenvalue weighted by Crippen LogP contribution is -2.38. The minimum Gasteiger partial charge on any atom is -0.395 e. The van der Waals surface area contributed by atoms with Crippen LogP contribution in [0.4, 0.5) is 0 Å². The fourth-order valence-electron chi connectivity index (χ4n) is 3.92. The van der Waals surface area contributed by atoms with Crippen LogP contribution in [0.25, 0.3) is 10.2 Å². The van der Waals surface area contributed by atoms with E-state index < -0.39 is 0 Å². The van der Waals surface area contributed by atoms with Gasteiger partial charge in [-0.3, -0.25) is 14.4 Å². The molecule has 0 saturated carbocycles. The Balaban J connectivity index is 1.65. The lowest BCUT2D eigenvalue weighted by molar-refractivity contribution is -0.0324. The average Bonchev–Trinajstić information content (AvgIpc) is 3.27. The van der Waals surface area contributed by atoms with E-state index in [9.17, 15) is 9.90 Å². The minimum absolute atomic E-state index is 0.0705. The fraction of sp³-hybridized carbons (Fsp3) is 0.476. The molecule has 0 aromatic carbocycles. The largest absolute Gasteiger partial charge is 0.395 e. The van der Waals surface area contributed by atoms with Crippen LogP contribution in [0.15, 0.2) is 24.5 Å². The van der Waals surface area contributed by atoms with E-state index in [0.717, 1.165) is 34.6 Å². The van der Waals surface area contributed by atoms with Crippen LogP contribution in [-0.4, -0.2) is 75.5 Å². The zero-order valence-electron chi connectivity index (χ0n) is 17.5. The van der Waals surface area contributed by atoms with Gasteiger partial charge >= 0.3 is 0 Å². The van der Waals surface area contributed by atoms with Crippen LogP contribution in [0.1, 0.15) is 32.6 Å². The van der Waals surface area contributed by atoms with Crippen molar-refractivity contribution in [1.82, 2.24) is 24.6 Å². The maximum Gasteiger partial charge on any atom is 0.264 e. The number of likely N-dealkylation sites (N-methyl/N-ethyl adjacent to an activating group) is 1. The van der Waals surface area contributed by atoms with Gasteiger partial charge in [0.25, 0.3) is 5.91 Å². The lowest BCUT2D eigenvalue weighted by atomic mass is 10.0. The Morgan fingerprint density at radius 3 is 3.03 bits per heavy atom. The number of ether oxygens (including phenoxy) is 1. The number of pyridine rings is 1. The topological polar surface area (TPSA) is 83.7 Å². The first kappa shape index (κ1) is 20.9. The number of hydrogen-bond acceptors (Lipinski definition) is 7. The van der Waals surface area contributed by atoms with E-state index in [1.54, 1.807) is 18.1 Å². The number of fused-ring (bicyclic) bond motifs is 1. The molecule has 0 spiro atoms. The summed E-state index contributed by atoms with van der Waals surface area (Å²) in [5.41, 5.74) is 3.15. The van der Waals surface area contributed by atoms with Gasteiger partial charge in [0.2, 0.25) is 0 Å². The van der Waals surface area contributed by atoms with Gasteiger partial charge in [-0.25, -0.2) is 4.98 Å². The Kier molecular flexibility index (Phi) is 6.14. The van der Waals surface area contributed by atoms with Crippen LogP contribution in [-0.2, 0) is 18.3 Å². The number of aliphatic hydroxyl groups is 1. The van der Waals surface area contributed by atoms with E-state index in [-0.39, 0.29) is 25.2 Å². The first-order valence-corrected chi connectivity index (χ1v) is 10.9. The third-order valence-electron chi connectivity index (χ3n) is 5.46. The van der Waals surface area contributed by atoms with Crippen LogP contribution in [0.3, 0.4) is 0 Å². The van der Waals surface area contributed by atoms with Crippen LogP contribution in [0, 0.1) is 6.92 Å². The quantitative estimate of drug-likeness (QED) is 0.645. The van der Waals surface area contributed by atoms with Crippen molar-refractivity contribution in [3.63, 3.8) is 0 Å². The number of hydrogen-bond donors (Lipinski definition) is 1. The highest BCUT2D eigenvalue weighted by molar-refractivity contribution is 7.20. The number of amides is 1. The molecule has 0 aliphatic carbocycles. The number of rotatable bonds is 6. The van der Waals surface area contributed by atoms with Crippen LogP contribution < -0.4 is 0 Å². The predicted octanol–water partition coefficient (Wildman–Crippen LogP) is 1.98. The lowest BCUT2D eigenvalue weighted by Gasteiger charge is -2.33. The summed E-state index contributed by atoms with van der Waals surface area (Å²) in [4.78, 5) is 22.9. The van der Waals surface area contributed by atoms with Crippen molar-refractivity contribution < 1.29 is 14.6 Å². The summed E-state index contributed by atoms with van der Waals surface area (Å²) in [7, 11) is 3.64. The van der Waals surface area contributed by atoms with E-state index in [1.165, 1.54) is 16.9 Å². The standard InChI is InChI=1S/C21H27N5O3S/c1-14-15(11-25(3)23-14)12-26-8-10-29-17(13-26)18-16-5-4-6-22-20(16)30-19(18)21(28)24(2)7-9-27/h4-6,11,17,27H,7-10,12-13H2,1-3H3/t17-/m0/s1. The van der Waals surface area contributed by atoms with E-state index in [4.69, 9.17) is 4.74 Å². The molecule has 8 nitrogen and oxygen atoms in total. The molecular formula is C21H27N5O3S. The molecule has 1 N–H and O–H groups in total. The summed E-state index contributed by atoms with van der Waals surface area (Å²) < 4.78 is 8.00. The molecule has 1 saturated heterocycles. The highest BCUT2D eigenvalue weighted by atomic mass is 32.1. The van der Waals surface area contributed by atoms with Crippen molar-refractivity contribution >= 4 is 27.5 Å². The molecular weight excluding hydrogens is 402 g/mol. The molecule has 4 rings (SSSR count). The summed E-state index contributed by atoms with van der Waals surface area (Å²) in [6.07, 6.45) is 3.59. The number of aliphatic hydroxyl groups excluding tert-OH is 1. The Morgan fingerprint density at radius 1 is 1.47 bits per heavy atom. The molecule has 1 atom stereocenters. The number of carbonyl (C=O) groups excluding carboxylic acids is 1. The van der Waals surface area contributed by atoms with Crippen LogP contribution in [0.2, 0.25) is 0 Å². The van der Waals surface area contributed by atoms with Crippen LogP contribution >= 0.6 is 11.3 Å². The SMILES string of the molecule is Cc1nn(C)cc1CN1CCO[C@H](c2c(C(=O)N(C)CCO)sc3ncccc23)C1. The smallest absolute Gasteiger partial charge is 0.264 e. The van der Waals surface area contributed by atoms with Crippen molar-refractivity contribution in [3.8, 4) is 0 Å². The predicted molar refractivity (Wildman–Crippen MR) is 116 cm³/mol. The number of aromatic nitrogens is 3. The van der Waals surface area contributed by atoms with Gasteiger partial charge in [0.05, 0.1) is 25.0 Å². The van der Waals surface area contributed by atoms with E-state index in [1.807, 2.05) is 30.8 Å². The Labute approximate surface area is 179 Å². The zero-order chi connectivity index (χ0) is 21.3. The Bertz CT molecular complexity index is 1050. The van der Waals surface area contributed by atoms with Gasteiger partial charge in [-0.2, -0.15) is 5.10 Å². The van der Waals surface area contributed by atoms with Crippen molar-refractivity contribution in [2.45, 2.75) is 19.6 Å². The van der Waals surface area contributed by atoms with Gasteiger partial charge in [0.15, 0.2) is 0 Å². The molecule has 0 unspecified atom stereocenters. The molecule has 1 aliphatic heterocycles. The summed E-state index contributed by atoms with van der Waals surface area (Å²) in [5.74, 6) is -0.106.